The molecule has 0 spiro atoms. The number of carbonyl (C=O) groups is 2. The average Bonchev–Trinajstić information content (AvgIpc) is 2.92. The van der Waals surface area contributed by atoms with Crippen molar-refractivity contribution in [2.24, 2.45) is 5.92 Å². The van der Waals surface area contributed by atoms with Gasteiger partial charge in [-0.15, -0.1) is 0 Å². The summed E-state index contributed by atoms with van der Waals surface area (Å²) in [6.45, 7) is 3.23. The van der Waals surface area contributed by atoms with Crippen LogP contribution < -0.4 is 5.32 Å². The molecule has 1 aliphatic heterocycles. The molecule has 7 nitrogen and oxygen atoms in total. The van der Waals surface area contributed by atoms with E-state index in [0.29, 0.717) is 30.2 Å². The molecule has 1 unspecified atom stereocenters. The van der Waals surface area contributed by atoms with Gasteiger partial charge in [-0.25, -0.2) is 9.59 Å². The molecular formula is C15H22N2O5. The van der Waals surface area contributed by atoms with Crippen LogP contribution in [0.2, 0.25) is 0 Å². The zero-order valence-electron chi connectivity index (χ0n) is 12.9. The second kappa shape index (κ2) is 7.31. The number of likely N-dealkylation sites (tertiary alicyclic amines) is 1. The number of carbonyl (C=O) groups excluding carboxylic acids is 2. The number of nitrogens with one attached hydrogen (secondary N) is 1. The van der Waals surface area contributed by atoms with E-state index in [4.69, 9.17) is 4.42 Å². The number of hydrogen-bond acceptors (Lipinski definition) is 5. The Morgan fingerprint density at radius 1 is 1.55 bits per heavy atom. The van der Waals surface area contributed by atoms with Crippen molar-refractivity contribution < 1.29 is 23.8 Å². The fraction of sp³-hybridized carbons (Fsp3) is 0.600. The summed E-state index contributed by atoms with van der Waals surface area (Å²) in [7, 11) is 1.31. The van der Waals surface area contributed by atoms with E-state index in [1.54, 1.807) is 17.9 Å². The first-order valence-electron chi connectivity index (χ1n) is 7.36. The lowest BCUT2D eigenvalue weighted by Crippen LogP contribution is -2.45. The highest BCUT2D eigenvalue weighted by molar-refractivity contribution is 5.90. The second-order valence-corrected chi connectivity index (χ2v) is 5.47. The number of nitrogens with zero attached hydrogens (tertiary/aromatic N) is 1. The third-order valence-corrected chi connectivity index (χ3v) is 3.85. The normalized spacial score (nSPS) is 18.1. The van der Waals surface area contributed by atoms with Gasteiger partial charge < -0.3 is 24.5 Å². The lowest BCUT2D eigenvalue weighted by atomic mass is 9.99. The van der Waals surface area contributed by atoms with Crippen molar-refractivity contribution >= 4 is 12.0 Å². The highest BCUT2D eigenvalue weighted by Crippen LogP contribution is 2.17. The number of methoxy groups -OCH3 is 1. The first-order valence-corrected chi connectivity index (χ1v) is 7.36. The number of hydrogen-bond donors (Lipinski definition) is 2. The third kappa shape index (κ3) is 3.79. The molecule has 0 radical (unpaired) electrons. The number of esters is 1. The number of urea groups is 1. The van der Waals surface area contributed by atoms with Gasteiger partial charge in [0.05, 0.1) is 13.7 Å². The van der Waals surface area contributed by atoms with Gasteiger partial charge >= 0.3 is 12.0 Å². The molecule has 1 aromatic heterocycles. The molecule has 2 N–H and O–H groups in total. The maximum Gasteiger partial charge on any atom is 0.341 e. The number of aliphatic hydroxyl groups is 1. The summed E-state index contributed by atoms with van der Waals surface area (Å²) in [4.78, 5) is 25.3. The fourth-order valence-corrected chi connectivity index (χ4v) is 2.62. The number of furan rings is 1. The summed E-state index contributed by atoms with van der Waals surface area (Å²) in [5.41, 5.74) is 0.366. The topological polar surface area (TPSA) is 92.0 Å². The van der Waals surface area contributed by atoms with Crippen LogP contribution in [0, 0.1) is 12.8 Å². The first kappa shape index (κ1) is 16.4. The van der Waals surface area contributed by atoms with Crippen molar-refractivity contribution in [3.8, 4) is 0 Å². The van der Waals surface area contributed by atoms with E-state index >= 15 is 0 Å². The van der Waals surface area contributed by atoms with Crippen LogP contribution in [-0.2, 0) is 11.3 Å². The van der Waals surface area contributed by atoms with E-state index in [2.05, 4.69) is 10.1 Å². The van der Waals surface area contributed by atoms with Gasteiger partial charge in [0.25, 0.3) is 0 Å². The lowest BCUT2D eigenvalue weighted by molar-refractivity contribution is 0.0598. The number of amides is 2. The number of rotatable bonds is 4. The fourth-order valence-electron chi connectivity index (χ4n) is 2.62. The molecule has 1 atom stereocenters. The van der Waals surface area contributed by atoms with Crippen LogP contribution in [0.3, 0.4) is 0 Å². The minimum absolute atomic E-state index is 0.101. The molecule has 1 saturated heterocycles. The predicted molar refractivity (Wildman–Crippen MR) is 78.4 cm³/mol. The molecule has 0 aliphatic carbocycles. The van der Waals surface area contributed by atoms with Gasteiger partial charge in [-0.2, -0.15) is 0 Å². The van der Waals surface area contributed by atoms with E-state index < -0.39 is 5.97 Å². The monoisotopic (exact) mass is 310 g/mol. The Kier molecular flexibility index (Phi) is 5.43. The van der Waals surface area contributed by atoms with Crippen LogP contribution >= 0.6 is 0 Å². The second-order valence-electron chi connectivity index (χ2n) is 5.47. The van der Waals surface area contributed by atoms with Gasteiger partial charge in [0, 0.05) is 19.7 Å². The molecule has 2 heterocycles. The summed E-state index contributed by atoms with van der Waals surface area (Å²) < 4.78 is 10.1. The minimum atomic E-state index is -0.458. The van der Waals surface area contributed by atoms with Crippen molar-refractivity contribution in [3.63, 3.8) is 0 Å². The molecular weight excluding hydrogens is 288 g/mol. The van der Waals surface area contributed by atoms with Gasteiger partial charge in [0.15, 0.2) is 0 Å². The van der Waals surface area contributed by atoms with Crippen LogP contribution in [0.15, 0.2) is 10.5 Å². The Labute approximate surface area is 129 Å². The van der Waals surface area contributed by atoms with Gasteiger partial charge in [0.1, 0.15) is 17.1 Å². The summed E-state index contributed by atoms with van der Waals surface area (Å²) in [5, 5.41) is 12.0. The summed E-state index contributed by atoms with van der Waals surface area (Å²) in [5.74, 6) is 0.660. The maximum atomic E-state index is 12.1. The molecule has 7 heteroatoms. The SMILES string of the molecule is COC(=O)c1cc(CNC(=O)N2CCCC(CO)C2)oc1C. The van der Waals surface area contributed by atoms with Crippen molar-refractivity contribution in [1.82, 2.24) is 10.2 Å². The standard InChI is InChI=1S/C15H22N2O5/c1-10-13(14(19)21-2)6-12(22-10)7-16-15(20)17-5-3-4-11(8-17)9-18/h6,11,18H,3-5,7-9H2,1-2H3,(H,16,20). The van der Waals surface area contributed by atoms with Crippen LogP contribution in [0.4, 0.5) is 4.79 Å². The van der Waals surface area contributed by atoms with Gasteiger partial charge in [-0.05, 0) is 31.7 Å². The number of ether oxygens (including phenoxy) is 1. The number of aryl methyl sites for hydroxylation is 1. The molecule has 2 amide bonds. The summed E-state index contributed by atoms with van der Waals surface area (Å²) >= 11 is 0. The zero-order valence-corrected chi connectivity index (χ0v) is 12.9. The van der Waals surface area contributed by atoms with Crippen LogP contribution in [-0.4, -0.2) is 48.8 Å². The highest BCUT2D eigenvalue weighted by atomic mass is 16.5. The van der Waals surface area contributed by atoms with E-state index in [1.807, 2.05) is 0 Å². The number of piperidine rings is 1. The Balaban J connectivity index is 1.90. The Morgan fingerprint density at radius 2 is 2.32 bits per heavy atom. The van der Waals surface area contributed by atoms with E-state index in [-0.39, 0.29) is 25.1 Å². The largest absolute Gasteiger partial charge is 0.465 e. The molecule has 1 aromatic rings. The molecule has 1 aliphatic rings. The summed E-state index contributed by atoms with van der Waals surface area (Å²) in [6.07, 6.45) is 1.84. The van der Waals surface area contributed by atoms with E-state index in [9.17, 15) is 14.7 Å². The van der Waals surface area contributed by atoms with Gasteiger partial charge in [0.2, 0.25) is 0 Å². The van der Waals surface area contributed by atoms with Crippen LogP contribution in [0.1, 0.15) is 34.7 Å². The molecule has 0 aromatic carbocycles. The van der Waals surface area contributed by atoms with Crippen LogP contribution in [0.25, 0.3) is 0 Å². The Hall–Kier alpha value is -2.02. The van der Waals surface area contributed by atoms with Gasteiger partial charge in [-0.1, -0.05) is 0 Å². The van der Waals surface area contributed by atoms with Crippen molar-refractivity contribution in [3.05, 3.63) is 23.2 Å². The highest BCUT2D eigenvalue weighted by Gasteiger charge is 2.23. The lowest BCUT2D eigenvalue weighted by Gasteiger charge is -2.31. The molecule has 22 heavy (non-hydrogen) atoms. The van der Waals surface area contributed by atoms with Crippen molar-refractivity contribution in [2.45, 2.75) is 26.3 Å². The predicted octanol–water partition coefficient (Wildman–Crippen LogP) is 1.29. The van der Waals surface area contributed by atoms with Crippen molar-refractivity contribution in [2.75, 3.05) is 26.8 Å². The van der Waals surface area contributed by atoms with Crippen molar-refractivity contribution in [1.29, 1.82) is 0 Å². The zero-order chi connectivity index (χ0) is 16.1. The first-order chi connectivity index (χ1) is 10.5. The smallest absolute Gasteiger partial charge is 0.341 e. The maximum absolute atomic E-state index is 12.1. The summed E-state index contributed by atoms with van der Waals surface area (Å²) in [6, 6.07) is 1.39. The Bertz CT molecular complexity index is 540. The molecule has 1 fully saturated rings. The molecule has 0 bridgehead atoms. The van der Waals surface area contributed by atoms with E-state index in [0.717, 1.165) is 12.8 Å². The van der Waals surface area contributed by atoms with Crippen LogP contribution in [0.5, 0.6) is 0 Å². The Morgan fingerprint density at radius 3 is 3.00 bits per heavy atom. The average molecular weight is 310 g/mol. The van der Waals surface area contributed by atoms with Gasteiger partial charge in [-0.3, -0.25) is 0 Å². The molecule has 122 valence electrons. The van der Waals surface area contributed by atoms with E-state index in [1.165, 1.54) is 7.11 Å². The molecule has 0 saturated carbocycles. The molecule has 2 rings (SSSR count). The third-order valence-electron chi connectivity index (χ3n) is 3.85. The number of aliphatic hydroxyl groups excluding tert-OH is 1. The quantitative estimate of drug-likeness (QED) is 0.818. The minimum Gasteiger partial charge on any atom is -0.465 e.